The van der Waals surface area contributed by atoms with E-state index in [0.29, 0.717) is 10.8 Å². The van der Waals surface area contributed by atoms with E-state index in [0.717, 1.165) is 29.5 Å². The van der Waals surface area contributed by atoms with Gasteiger partial charge in [0.15, 0.2) is 0 Å². The third-order valence-corrected chi connectivity index (χ3v) is 5.77. The summed E-state index contributed by atoms with van der Waals surface area (Å²) in [5.41, 5.74) is -1.82. The lowest BCUT2D eigenvalue weighted by atomic mass is 10.1. The van der Waals surface area contributed by atoms with E-state index in [1.165, 1.54) is 36.4 Å². The number of anilines is 2. The van der Waals surface area contributed by atoms with E-state index in [4.69, 9.17) is 0 Å². The number of thiophene rings is 1. The number of hydrogen-bond donors (Lipinski definition) is 2. The van der Waals surface area contributed by atoms with Crippen LogP contribution < -0.4 is 10.6 Å². The number of carbonyl (C=O) groups is 2. The van der Waals surface area contributed by atoms with E-state index in [1.54, 1.807) is 6.07 Å². The number of fused-ring (bicyclic) bond motifs is 1. The van der Waals surface area contributed by atoms with Gasteiger partial charge in [-0.2, -0.15) is 13.2 Å². The lowest BCUT2D eigenvalue weighted by Crippen LogP contribution is -2.17. The molecule has 1 aromatic heterocycles. The van der Waals surface area contributed by atoms with Crippen LogP contribution in [0.5, 0.6) is 0 Å². The van der Waals surface area contributed by atoms with Crippen LogP contribution in [0.1, 0.15) is 25.6 Å². The molecule has 10 heteroatoms. The molecule has 0 fully saturated rings. The summed E-state index contributed by atoms with van der Waals surface area (Å²) in [5.74, 6) is -2.66. The molecular formula is C23H13F5N2O2S. The minimum Gasteiger partial charge on any atom is -0.322 e. The lowest BCUT2D eigenvalue weighted by Gasteiger charge is -2.15. The molecule has 1 heterocycles. The standard InChI is InChI=1S/C23H13F5N2O2S/c24-13-6-4-12(5-7-13)21(31)29-14-8-9-18(16(10-14)23(26,27)28)30-22(32)20-11-15-17(25)2-1-3-19(15)33-20/h1-11H,(H,29,31)(H,30,32). The molecule has 168 valence electrons. The first kappa shape index (κ1) is 22.4. The van der Waals surface area contributed by atoms with Gasteiger partial charge in [-0.3, -0.25) is 9.59 Å². The third-order valence-electron chi connectivity index (χ3n) is 4.67. The van der Waals surface area contributed by atoms with E-state index in [9.17, 15) is 31.5 Å². The highest BCUT2D eigenvalue weighted by molar-refractivity contribution is 7.20. The molecule has 0 saturated carbocycles. The first-order valence-corrected chi connectivity index (χ1v) is 10.2. The van der Waals surface area contributed by atoms with Crippen LogP contribution >= 0.6 is 11.3 Å². The van der Waals surface area contributed by atoms with Gasteiger partial charge in [0.05, 0.1) is 16.1 Å². The normalized spacial score (nSPS) is 11.4. The second-order valence-corrected chi connectivity index (χ2v) is 8.02. The summed E-state index contributed by atoms with van der Waals surface area (Å²) < 4.78 is 68.3. The van der Waals surface area contributed by atoms with Crippen LogP contribution in [0.2, 0.25) is 0 Å². The molecule has 2 N–H and O–H groups in total. The second-order valence-electron chi connectivity index (χ2n) is 6.94. The van der Waals surface area contributed by atoms with Crippen molar-refractivity contribution in [2.24, 2.45) is 0 Å². The van der Waals surface area contributed by atoms with E-state index in [1.807, 2.05) is 0 Å². The second kappa shape index (κ2) is 8.62. The Labute approximate surface area is 187 Å². The minimum absolute atomic E-state index is 0.0388. The van der Waals surface area contributed by atoms with Crippen LogP contribution in [0.15, 0.2) is 66.7 Å². The molecule has 0 unspecified atom stereocenters. The van der Waals surface area contributed by atoms with Gasteiger partial charge < -0.3 is 10.6 Å². The number of hydrogen-bond acceptors (Lipinski definition) is 3. The number of rotatable bonds is 4. The molecule has 0 radical (unpaired) electrons. The van der Waals surface area contributed by atoms with E-state index in [2.05, 4.69) is 10.6 Å². The summed E-state index contributed by atoms with van der Waals surface area (Å²) in [5, 5.41) is 4.72. The van der Waals surface area contributed by atoms with Gasteiger partial charge in [-0.15, -0.1) is 11.3 Å². The number of halogens is 5. The van der Waals surface area contributed by atoms with E-state index < -0.39 is 40.9 Å². The van der Waals surface area contributed by atoms with Crippen molar-refractivity contribution in [1.82, 2.24) is 0 Å². The predicted octanol–water partition coefficient (Wildman–Crippen LogP) is 6.70. The van der Waals surface area contributed by atoms with E-state index >= 15 is 0 Å². The number of alkyl halides is 3. The van der Waals surface area contributed by atoms with Crippen molar-refractivity contribution in [2.45, 2.75) is 6.18 Å². The fraction of sp³-hybridized carbons (Fsp3) is 0.0435. The maximum atomic E-state index is 13.9. The smallest absolute Gasteiger partial charge is 0.322 e. The molecule has 4 rings (SSSR count). The Balaban J connectivity index is 1.60. The first-order chi connectivity index (χ1) is 15.6. The van der Waals surface area contributed by atoms with Crippen molar-refractivity contribution in [3.8, 4) is 0 Å². The Morgan fingerprint density at radius 1 is 0.818 bits per heavy atom. The van der Waals surface area contributed by atoms with Crippen LogP contribution in [0.25, 0.3) is 10.1 Å². The van der Waals surface area contributed by atoms with Crippen molar-refractivity contribution in [3.63, 3.8) is 0 Å². The van der Waals surface area contributed by atoms with Crippen molar-refractivity contribution in [2.75, 3.05) is 10.6 Å². The van der Waals surface area contributed by atoms with Crippen LogP contribution in [-0.4, -0.2) is 11.8 Å². The van der Waals surface area contributed by atoms with E-state index in [-0.39, 0.29) is 21.5 Å². The summed E-state index contributed by atoms with van der Waals surface area (Å²) in [7, 11) is 0. The van der Waals surface area contributed by atoms with Crippen LogP contribution in [0.4, 0.5) is 33.3 Å². The quantitative estimate of drug-likeness (QED) is 0.322. The number of nitrogens with one attached hydrogen (secondary N) is 2. The largest absolute Gasteiger partial charge is 0.418 e. The predicted molar refractivity (Wildman–Crippen MR) is 116 cm³/mol. The maximum Gasteiger partial charge on any atom is 0.418 e. The molecular weight excluding hydrogens is 463 g/mol. The van der Waals surface area contributed by atoms with Crippen molar-refractivity contribution in [1.29, 1.82) is 0 Å². The van der Waals surface area contributed by atoms with Gasteiger partial charge in [0.25, 0.3) is 11.8 Å². The Morgan fingerprint density at radius 2 is 1.55 bits per heavy atom. The van der Waals surface area contributed by atoms with Crippen molar-refractivity contribution in [3.05, 3.63) is 94.4 Å². The summed E-state index contributed by atoms with van der Waals surface area (Å²) in [4.78, 5) is 24.8. The number of benzene rings is 3. The van der Waals surface area contributed by atoms with Crippen molar-refractivity contribution >= 4 is 44.6 Å². The molecule has 4 nitrogen and oxygen atoms in total. The van der Waals surface area contributed by atoms with Gasteiger partial charge in [0.2, 0.25) is 0 Å². The molecule has 2 amide bonds. The Morgan fingerprint density at radius 3 is 2.21 bits per heavy atom. The average molecular weight is 476 g/mol. The van der Waals surface area contributed by atoms with Crippen molar-refractivity contribution < 1.29 is 31.5 Å². The summed E-state index contributed by atoms with van der Waals surface area (Å²) >= 11 is 0.945. The fourth-order valence-corrected chi connectivity index (χ4v) is 4.06. The van der Waals surface area contributed by atoms with Crippen LogP contribution in [0, 0.1) is 11.6 Å². The van der Waals surface area contributed by atoms with Gasteiger partial charge in [0.1, 0.15) is 11.6 Å². The zero-order valence-corrected chi connectivity index (χ0v) is 17.3. The van der Waals surface area contributed by atoms with Crippen LogP contribution in [-0.2, 0) is 6.18 Å². The highest BCUT2D eigenvalue weighted by atomic mass is 32.1. The molecule has 0 saturated heterocycles. The first-order valence-electron chi connectivity index (χ1n) is 9.39. The highest BCUT2D eigenvalue weighted by Crippen LogP contribution is 2.37. The lowest BCUT2D eigenvalue weighted by molar-refractivity contribution is -0.136. The summed E-state index contributed by atoms with van der Waals surface area (Å²) in [6.07, 6.45) is -4.84. The summed E-state index contributed by atoms with van der Waals surface area (Å²) in [6.45, 7) is 0. The molecule has 3 aromatic carbocycles. The van der Waals surface area contributed by atoms with Crippen LogP contribution in [0.3, 0.4) is 0 Å². The Hall–Kier alpha value is -3.79. The van der Waals surface area contributed by atoms with Gasteiger partial charge in [-0.25, -0.2) is 8.78 Å². The fourth-order valence-electron chi connectivity index (χ4n) is 3.09. The molecule has 0 atom stereocenters. The molecule has 0 aliphatic carbocycles. The number of carbonyl (C=O) groups excluding carboxylic acids is 2. The summed E-state index contributed by atoms with van der Waals surface area (Å²) in [6, 6.07) is 12.9. The zero-order valence-electron chi connectivity index (χ0n) is 16.5. The SMILES string of the molecule is O=C(Nc1ccc(NC(=O)c2cc3c(F)cccc3s2)c(C(F)(F)F)c1)c1ccc(F)cc1. The molecule has 33 heavy (non-hydrogen) atoms. The maximum absolute atomic E-state index is 13.9. The number of amides is 2. The zero-order chi connectivity index (χ0) is 23.8. The third kappa shape index (κ3) is 4.85. The van der Waals surface area contributed by atoms with Gasteiger partial charge in [-0.1, -0.05) is 6.07 Å². The van der Waals surface area contributed by atoms with Gasteiger partial charge in [-0.05, 0) is 60.7 Å². The molecule has 0 aliphatic rings. The Kier molecular flexibility index (Phi) is 5.86. The van der Waals surface area contributed by atoms with Gasteiger partial charge >= 0.3 is 6.18 Å². The Bertz CT molecular complexity index is 1360. The minimum atomic E-state index is -4.84. The monoisotopic (exact) mass is 476 g/mol. The average Bonchev–Trinajstić information content (AvgIpc) is 3.20. The topological polar surface area (TPSA) is 58.2 Å². The molecule has 4 aromatic rings. The van der Waals surface area contributed by atoms with Gasteiger partial charge in [0, 0.05) is 21.3 Å². The highest BCUT2D eigenvalue weighted by Gasteiger charge is 2.34. The molecule has 0 bridgehead atoms. The molecule has 0 spiro atoms. The molecule has 0 aliphatic heterocycles.